The number of carbonyl (C=O) groups is 1. The van der Waals surface area contributed by atoms with Crippen LogP contribution in [0.25, 0.3) is 0 Å². The summed E-state index contributed by atoms with van der Waals surface area (Å²) in [6, 6.07) is -0.820. The number of rotatable bonds is 48. The van der Waals surface area contributed by atoms with Crippen molar-refractivity contribution in [2.24, 2.45) is 0 Å². The molecule has 12 atom stereocenters. The maximum absolute atomic E-state index is 13.0. The van der Waals surface area contributed by atoms with Crippen LogP contribution in [0, 0.1) is 0 Å². The predicted molar refractivity (Wildman–Crippen MR) is 286 cm³/mol. The Morgan fingerprint density at radius 2 is 0.875 bits per heavy atom. The maximum atomic E-state index is 13.0. The minimum absolute atomic E-state index is 0.214. The number of ether oxygens (including phenoxy) is 4. The Bertz CT molecular complexity index is 1260. The third-order valence-electron chi connectivity index (χ3n) is 15.0. The van der Waals surface area contributed by atoms with Gasteiger partial charge < -0.3 is 65.1 Å². The van der Waals surface area contributed by atoms with Gasteiger partial charge >= 0.3 is 0 Å². The van der Waals surface area contributed by atoms with Gasteiger partial charge in [0.25, 0.3) is 0 Å². The normalized spacial score (nSPS) is 25.6. The molecule has 2 aliphatic heterocycles. The molecule has 72 heavy (non-hydrogen) atoms. The van der Waals surface area contributed by atoms with Gasteiger partial charge in [0.1, 0.15) is 48.8 Å². The minimum Gasteiger partial charge on any atom is -0.394 e. The van der Waals surface area contributed by atoms with Crippen LogP contribution < -0.4 is 5.32 Å². The monoisotopic (exact) mass is 1030 g/mol. The lowest BCUT2D eigenvalue weighted by molar-refractivity contribution is -0.359. The Kier molecular flexibility index (Phi) is 41.6. The highest BCUT2D eigenvalue weighted by atomic mass is 16.7. The lowest BCUT2D eigenvalue weighted by atomic mass is 9.97. The molecular weight excluding hydrogens is 919 g/mol. The number of unbranched alkanes of at least 4 members (excludes halogenated alkanes) is 33. The van der Waals surface area contributed by atoms with Gasteiger partial charge in [0.15, 0.2) is 12.6 Å². The fraction of sp³-hybridized carbons (Fsp3) is 0.948. The van der Waals surface area contributed by atoms with E-state index in [0.29, 0.717) is 12.8 Å². The number of nitrogens with one attached hydrogen (secondary N) is 1. The van der Waals surface area contributed by atoms with E-state index in [1.54, 1.807) is 0 Å². The van der Waals surface area contributed by atoms with E-state index in [1.807, 2.05) is 0 Å². The van der Waals surface area contributed by atoms with Gasteiger partial charge in [-0.3, -0.25) is 4.79 Å². The van der Waals surface area contributed by atoms with Crippen LogP contribution in [-0.2, 0) is 23.7 Å². The molecule has 0 aliphatic carbocycles. The molecule has 2 saturated heterocycles. The smallest absolute Gasteiger partial charge is 0.220 e. The van der Waals surface area contributed by atoms with Crippen LogP contribution in [0.2, 0.25) is 0 Å². The standard InChI is InChI=1S/C58H111NO13/c1-3-5-7-8-9-10-11-12-13-14-15-16-17-18-19-20-21-22-23-24-25-26-27-28-29-30-31-32-33-34-35-36-37-38-40-42-50(63)59-46(47(62)41-39-6-4-2)45-69-57-55(68)53(66)56(49(44-61)71-57)72-58-54(67)52(65)51(64)48(43-60)70-58/h14-15,46-49,51-58,60-62,64-68H,3-13,16-45H2,1-2H3,(H,59,63)/b15-14-. The van der Waals surface area contributed by atoms with E-state index in [-0.39, 0.29) is 12.5 Å². The van der Waals surface area contributed by atoms with Crippen molar-refractivity contribution in [2.45, 2.75) is 331 Å². The van der Waals surface area contributed by atoms with Gasteiger partial charge in [0, 0.05) is 6.42 Å². The molecule has 2 heterocycles. The summed E-state index contributed by atoms with van der Waals surface area (Å²) < 4.78 is 22.6. The van der Waals surface area contributed by atoms with Crippen LogP contribution in [0.4, 0.5) is 0 Å². The topological polar surface area (TPSA) is 228 Å². The van der Waals surface area contributed by atoms with Crippen molar-refractivity contribution in [1.82, 2.24) is 5.32 Å². The van der Waals surface area contributed by atoms with E-state index in [1.165, 1.54) is 186 Å². The molecule has 2 aliphatic rings. The number of hydrogen-bond donors (Lipinski definition) is 9. The molecular formula is C58H111NO13. The molecule has 1 amide bonds. The van der Waals surface area contributed by atoms with Crippen molar-refractivity contribution < 1.29 is 64.6 Å². The zero-order chi connectivity index (χ0) is 52.4. The molecule has 0 bridgehead atoms. The Labute approximate surface area is 437 Å². The highest BCUT2D eigenvalue weighted by molar-refractivity contribution is 5.76. The summed E-state index contributed by atoms with van der Waals surface area (Å²) in [6.45, 7) is 2.69. The van der Waals surface area contributed by atoms with Crippen LogP contribution in [-0.4, -0.2) is 140 Å². The Morgan fingerprint density at radius 3 is 1.32 bits per heavy atom. The molecule has 0 aromatic rings. The fourth-order valence-electron chi connectivity index (χ4n) is 10.1. The Hall–Kier alpha value is -1.27. The summed E-state index contributed by atoms with van der Waals surface area (Å²) in [5.74, 6) is -0.214. The molecule has 426 valence electrons. The molecule has 0 spiro atoms. The van der Waals surface area contributed by atoms with Gasteiger partial charge in [-0.15, -0.1) is 0 Å². The summed E-state index contributed by atoms with van der Waals surface area (Å²) in [6.07, 6.45) is 35.2. The van der Waals surface area contributed by atoms with Crippen molar-refractivity contribution in [3.63, 3.8) is 0 Å². The van der Waals surface area contributed by atoms with E-state index in [0.717, 1.165) is 44.9 Å². The van der Waals surface area contributed by atoms with Crippen molar-refractivity contribution in [3.05, 3.63) is 12.2 Å². The highest BCUT2D eigenvalue weighted by Gasteiger charge is 2.51. The van der Waals surface area contributed by atoms with Crippen molar-refractivity contribution in [1.29, 1.82) is 0 Å². The molecule has 12 unspecified atom stereocenters. The van der Waals surface area contributed by atoms with Gasteiger partial charge in [0.05, 0.1) is 32.0 Å². The maximum Gasteiger partial charge on any atom is 0.220 e. The van der Waals surface area contributed by atoms with E-state index in [4.69, 9.17) is 18.9 Å². The Morgan fingerprint density at radius 1 is 0.486 bits per heavy atom. The second-order valence-corrected chi connectivity index (χ2v) is 21.5. The van der Waals surface area contributed by atoms with Crippen molar-refractivity contribution in [2.75, 3.05) is 19.8 Å². The lowest BCUT2D eigenvalue weighted by Crippen LogP contribution is -2.65. The summed E-state index contributed by atoms with van der Waals surface area (Å²) >= 11 is 0. The summed E-state index contributed by atoms with van der Waals surface area (Å²) in [5, 5.41) is 86.2. The van der Waals surface area contributed by atoms with Crippen LogP contribution in [0.3, 0.4) is 0 Å². The van der Waals surface area contributed by atoms with E-state index in [9.17, 15) is 45.6 Å². The van der Waals surface area contributed by atoms with Gasteiger partial charge in [-0.05, 0) is 38.5 Å². The third kappa shape index (κ3) is 30.5. The molecule has 2 fully saturated rings. The first-order valence-corrected chi connectivity index (χ1v) is 29.9. The van der Waals surface area contributed by atoms with Gasteiger partial charge in [-0.25, -0.2) is 0 Å². The van der Waals surface area contributed by atoms with Crippen LogP contribution >= 0.6 is 0 Å². The van der Waals surface area contributed by atoms with Crippen LogP contribution in [0.5, 0.6) is 0 Å². The summed E-state index contributed by atoms with van der Waals surface area (Å²) in [7, 11) is 0. The van der Waals surface area contributed by atoms with E-state index < -0.39 is 86.8 Å². The zero-order valence-corrected chi connectivity index (χ0v) is 45.7. The van der Waals surface area contributed by atoms with Crippen LogP contribution in [0.15, 0.2) is 12.2 Å². The largest absolute Gasteiger partial charge is 0.394 e. The van der Waals surface area contributed by atoms with Gasteiger partial charge in [-0.2, -0.15) is 0 Å². The van der Waals surface area contributed by atoms with Crippen molar-refractivity contribution in [3.8, 4) is 0 Å². The first kappa shape index (κ1) is 66.8. The molecule has 0 saturated carbocycles. The number of aliphatic hydroxyl groups excluding tert-OH is 8. The number of hydrogen-bond acceptors (Lipinski definition) is 13. The molecule has 0 radical (unpaired) electrons. The number of carbonyl (C=O) groups excluding carboxylic acids is 1. The van der Waals surface area contributed by atoms with E-state index >= 15 is 0 Å². The molecule has 0 aromatic heterocycles. The SMILES string of the molecule is CCCCCCCCCC/C=C\CCCCCCCCCCCCCCCCCCCCCCCCCC(=O)NC(COC1OC(CO)C(OC2OC(CO)C(O)C(O)C2O)C(O)C1O)C(O)CCCCC. The number of amides is 1. The van der Waals surface area contributed by atoms with Crippen molar-refractivity contribution >= 4 is 5.91 Å². The average molecular weight is 1030 g/mol. The van der Waals surface area contributed by atoms with Crippen LogP contribution in [0.1, 0.15) is 258 Å². The number of allylic oxidation sites excluding steroid dienone is 2. The molecule has 14 nitrogen and oxygen atoms in total. The third-order valence-corrected chi connectivity index (χ3v) is 15.0. The highest BCUT2D eigenvalue weighted by Crippen LogP contribution is 2.30. The summed E-state index contributed by atoms with van der Waals surface area (Å²) in [4.78, 5) is 13.0. The predicted octanol–water partition coefficient (Wildman–Crippen LogP) is 9.89. The molecule has 0 aromatic carbocycles. The van der Waals surface area contributed by atoms with Gasteiger partial charge in [0.2, 0.25) is 5.91 Å². The fourth-order valence-corrected chi connectivity index (χ4v) is 10.1. The second kappa shape index (κ2) is 44.8. The summed E-state index contributed by atoms with van der Waals surface area (Å²) in [5.41, 5.74) is 0. The lowest BCUT2D eigenvalue weighted by Gasteiger charge is -2.46. The van der Waals surface area contributed by atoms with E-state index in [2.05, 4.69) is 31.3 Å². The van der Waals surface area contributed by atoms with Gasteiger partial charge in [-0.1, -0.05) is 225 Å². The molecule has 9 N–H and O–H groups in total. The quantitative estimate of drug-likeness (QED) is 0.0205. The molecule has 14 heteroatoms. The second-order valence-electron chi connectivity index (χ2n) is 21.5. The molecule has 2 rings (SSSR count). The first-order chi connectivity index (χ1) is 35.1. The average Bonchev–Trinajstić information content (AvgIpc) is 3.38. The number of aliphatic hydroxyl groups is 8. The Balaban J connectivity index is 1.46. The first-order valence-electron chi connectivity index (χ1n) is 29.9. The minimum atomic E-state index is -1.78. The zero-order valence-electron chi connectivity index (χ0n) is 45.7.